The van der Waals surface area contributed by atoms with Gasteiger partial charge in [0, 0.05) is 43.7 Å². The second kappa shape index (κ2) is 9.24. The molecule has 3 heterocycles. The average molecular weight is 409 g/mol. The Morgan fingerprint density at radius 1 is 0.933 bits per heavy atom. The minimum Gasteiger partial charge on any atom is -0.469 e. The first-order chi connectivity index (χ1) is 14.7. The molecule has 2 saturated heterocycles. The number of anilines is 1. The molecule has 1 aromatic carbocycles. The molecular weight excluding hydrogens is 380 g/mol. The second-order valence-corrected chi connectivity index (χ2v) is 8.01. The minimum absolute atomic E-state index is 0.0476. The summed E-state index contributed by atoms with van der Waals surface area (Å²) in [5.41, 5.74) is 1.98. The molecule has 0 N–H and O–H groups in total. The zero-order valence-electron chi connectivity index (χ0n) is 17.4. The summed E-state index contributed by atoms with van der Waals surface area (Å²) in [6.07, 6.45) is 4.64. The van der Waals surface area contributed by atoms with Gasteiger partial charge in [-0.25, -0.2) is 9.97 Å². The lowest BCUT2D eigenvalue weighted by atomic mass is 9.92. The Labute approximate surface area is 177 Å². The molecule has 0 radical (unpaired) electrons. The Bertz CT molecular complexity index is 873. The van der Waals surface area contributed by atoms with Crippen LogP contribution in [-0.4, -0.2) is 60.0 Å². The van der Waals surface area contributed by atoms with Crippen molar-refractivity contribution in [2.45, 2.75) is 25.7 Å². The van der Waals surface area contributed by atoms with Gasteiger partial charge in [0.05, 0.1) is 18.7 Å². The van der Waals surface area contributed by atoms with E-state index in [1.807, 2.05) is 41.3 Å². The molecule has 1 aromatic heterocycles. The fourth-order valence-corrected chi connectivity index (χ4v) is 4.40. The van der Waals surface area contributed by atoms with E-state index in [1.54, 1.807) is 6.33 Å². The molecule has 30 heavy (non-hydrogen) atoms. The van der Waals surface area contributed by atoms with Gasteiger partial charge >= 0.3 is 5.97 Å². The van der Waals surface area contributed by atoms with E-state index in [-0.39, 0.29) is 23.7 Å². The third-order valence-corrected chi connectivity index (χ3v) is 6.23. The molecule has 1 amide bonds. The number of hydrogen-bond acceptors (Lipinski definition) is 6. The maximum absolute atomic E-state index is 12.9. The summed E-state index contributed by atoms with van der Waals surface area (Å²) in [7, 11) is 1.42. The van der Waals surface area contributed by atoms with Gasteiger partial charge in [-0.05, 0) is 25.7 Å². The van der Waals surface area contributed by atoms with Crippen molar-refractivity contribution in [2.24, 2.45) is 11.8 Å². The fraction of sp³-hybridized carbons (Fsp3) is 0.478. The van der Waals surface area contributed by atoms with Gasteiger partial charge in [-0.3, -0.25) is 9.59 Å². The predicted octanol–water partition coefficient (Wildman–Crippen LogP) is 2.77. The molecule has 0 saturated carbocycles. The smallest absolute Gasteiger partial charge is 0.308 e. The van der Waals surface area contributed by atoms with Gasteiger partial charge in [-0.2, -0.15) is 0 Å². The molecule has 0 bridgehead atoms. The van der Waals surface area contributed by atoms with Crippen LogP contribution in [0, 0.1) is 11.8 Å². The maximum Gasteiger partial charge on any atom is 0.308 e. The Morgan fingerprint density at radius 3 is 2.27 bits per heavy atom. The number of ether oxygens (including phenoxy) is 1. The summed E-state index contributed by atoms with van der Waals surface area (Å²) in [6, 6.07) is 12.1. The highest BCUT2D eigenvalue weighted by molar-refractivity contribution is 5.80. The SMILES string of the molecule is COC(=O)C1CCN(C(=O)C2CCN(c3cc(-c4ccccc4)ncn3)CC2)CC1. The molecule has 0 spiro atoms. The van der Waals surface area contributed by atoms with Crippen molar-refractivity contribution < 1.29 is 14.3 Å². The van der Waals surface area contributed by atoms with Gasteiger partial charge in [0.25, 0.3) is 0 Å². The van der Waals surface area contributed by atoms with Crippen LogP contribution in [0.15, 0.2) is 42.7 Å². The Morgan fingerprint density at radius 2 is 1.60 bits per heavy atom. The number of nitrogens with zero attached hydrogens (tertiary/aromatic N) is 4. The van der Waals surface area contributed by atoms with Crippen molar-refractivity contribution in [2.75, 3.05) is 38.2 Å². The van der Waals surface area contributed by atoms with Crippen LogP contribution in [0.5, 0.6) is 0 Å². The number of rotatable bonds is 4. The standard InChI is InChI=1S/C23H28N4O3/c1-30-23(29)19-9-13-27(14-10-19)22(28)18-7-11-26(12-8-18)21-15-20(24-16-25-21)17-5-3-2-4-6-17/h2-6,15-16,18-19H,7-14H2,1H3. The van der Waals surface area contributed by atoms with Crippen LogP contribution in [-0.2, 0) is 14.3 Å². The third-order valence-electron chi connectivity index (χ3n) is 6.23. The van der Waals surface area contributed by atoms with Crippen LogP contribution in [0.2, 0.25) is 0 Å². The molecule has 2 aliphatic rings. The lowest BCUT2D eigenvalue weighted by Crippen LogP contribution is -2.46. The number of aromatic nitrogens is 2. The summed E-state index contributed by atoms with van der Waals surface area (Å²) < 4.78 is 4.83. The Kier molecular flexibility index (Phi) is 6.26. The first-order valence-corrected chi connectivity index (χ1v) is 10.6. The van der Waals surface area contributed by atoms with E-state index in [4.69, 9.17) is 4.74 Å². The first-order valence-electron chi connectivity index (χ1n) is 10.6. The van der Waals surface area contributed by atoms with Crippen molar-refractivity contribution in [3.05, 3.63) is 42.7 Å². The van der Waals surface area contributed by atoms with Crippen molar-refractivity contribution in [3.8, 4) is 11.3 Å². The predicted molar refractivity (Wildman–Crippen MR) is 114 cm³/mol. The van der Waals surface area contributed by atoms with Crippen molar-refractivity contribution >= 4 is 17.7 Å². The van der Waals surface area contributed by atoms with Crippen LogP contribution in [0.25, 0.3) is 11.3 Å². The lowest BCUT2D eigenvalue weighted by Gasteiger charge is -2.37. The van der Waals surface area contributed by atoms with Gasteiger partial charge in [0.1, 0.15) is 12.1 Å². The van der Waals surface area contributed by atoms with Crippen LogP contribution < -0.4 is 4.90 Å². The second-order valence-electron chi connectivity index (χ2n) is 8.01. The first kappa shape index (κ1) is 20.3. The van der Waals surface area contributed by atoms with Crippen LogP contribution in [0.1, 0.15) is 25.7 Å². The molecule has 0 atom stereocenters. The van der Waals surface area contributed by atoms with Crippen molar-refractivity contribution in [3.63, 3.8) is 0 Å². The lowest BCUT2D eigenvalue weighted by molar-refractivity contribution is -0.149. The van der Waals surface area contributed by atoms with E-state index in [2.05, 4.69) is 14.9 Å². The molecular formula is C23H28N4O3. The summed E-state index contributed by atoms with van der Waals surface area (Å²) in [5, 5.41) is 0. The molecule has 2 aliphatic heterocycles. The Hall–Kier alpha value is -2.96. The van der Waals surface area contributed by atoms with E-state index in [0.717, 1.165) is 43.0 Å². The topological polar surface area (TPSA) is 75.6 Å². The summed E-state index contributed by atoms with van der Waals surface area (Å²) in [5.74, 6) is 0.957. The van der Waals surface area contributed by atoms with Gasteiger partial charge in [-0.1, -0.05) is 30.3 Å². The molecule has 2 fully saturated rings. The van der Waals surface area contributed by atoms with Crippen molar-refractivity contribution in [1.82, 2.24) is 14.9 Å². The zero-order valence-corrected chi connectivity index (χ0v) is 17.4. The van der Waals surface area contributed by atoms with Crippen LogP contribution in [0.4, 0.5) is 5.82 Å². The highest BCUT2D eigenvalue weighted by Gasteiger charge is 2.33. The van der Waals surface area contributed by atoms with Crippen molar-refractivity contribution in [1.29, 1.82) is 0 Å². The number of methoxy groups -OCH3 is 1. The molecule has 0 unspecified atom stereocenters. The van der Waals surface area contributed by atoms with E-state index in [1.165, 1.54) is 7.11 Å². The number of esters is 1. The van der Waals surface area contributed by atoms with E-state index in [9.17, 15) is 9.59 Å². The molecule has 7 nitrogen and oxygen atoms in total. The number of carbonyl (C=O) groups is 2. The summed E-state index contributed by atoms with van der Waals surface area (Å²) in [6.45, 7) is 2.90. The summed E-state index contributed by atoms with van der Waals surface area (Å²) >= 11 is 0. The van der Waals surface area contributed by atoms with Gasteiger partial charge < -0.3 is 14.5 Å². The van der Waals surface area contributed by atoms with Crippen LogP contribution >= 0.6 is 0 Å². The highest BCUT2D eigenvalue weighted by atomic mass is 16.5. The quantitative estimate of drug-likeness (QED) is 0.724. The number of piperidine rings is 2. The number of likely N-dealkylation sites (tertiary alicyclic amines) is 1. The Balaban J connectivity index is 1.32. The zero-order chi connectivity index (χ0) is 20.9. The van der Waals surface area contributed by atoms with Gasteiger partial charge in [-0.15, -0.1) is 0 Å². The molecule has 0 aliphatic carbocycles. The molecule has 4 rings (SSSR count). The third kappa shape index (κ3) is 4.45. The van der Waals surface area contributed by atoms with E-state index >= 15 is 0 Å². The molecule has 7 heteroatoms. The number of amides is 1. The van der Waals surface area contributed by atoms with Gasteiger partial charge in [0.15, 0.2) is 0 Å². The highest BCUT2D eigenvalue weighted by Crippen LogP contribution is 2.27. The number of benzene rings is 1. The number of carbonyl (C=O) groups excluding carboxylic acids is 2. The largest absolute Gasteiger partial charge is 0.469 e. The molecule has 2 aromatic rings. The summed E-state index contributed by atoms with van der Waals surface area (Å²) in [4.78, 5) is 37.7. The van der Waals surface area contributed by atoms with E-state index < -0.39 is 0 Å². The maximum atomic E-state index is 12.9. The fourth-order valence-electron chi connectivity index (χ4n) is 4.40. The number of hydrogen-bond donors (Lipinski definition) is 0. The van der Waals surface area contributed by atoms with E-state index in [0.29, 0.717) is 25.9 Å². The average Bonchev–Trinajstić information content (AvgIpc) is 2.84. The van der Waals surface area contributed by atoms with Gasteiger partial charge in [0.2, 0.25) is 5.91 Å². The normalized spacial score (nSPS) is 18.3. The minimum atomic E-state index is -0.157. The van der Waals surface area contributed by atoms with Crippen LogP contribution in [0.3, 0.4) is 0 Å². The molecule has 158 valence electrons. The monoisotopic (exact) mass is 408 g/mol.